The van der Waals surface area contributed by atoms with Crippen LogP contribution in [0.15, 0.2) is 23.1 Å². The van der Waals surface area contributed by atoms with Crippen molar-refractivity contribution in [3.05, 3.63) is 34.2 Å². The van der Waals surface area contributed by atoms with E-state index in [9.17, 15) is 4.79 Å². The Morgan fingerprint density at radius 1 is 1.27 bits per heavy atom. The van der Waals surface area contributed by atoms with Gasteiger partial charge in [-0.05, 0) is 26.6 Å². The molecule has 0 saturated heterocycles. The topological polar surface area (TPSA) is 25.2 Å². The van der Waals surface area contributed by atoms with Crippen molar-refractivity contribution in [3.8, 4) is 0 Å². The van der Waals surface area contributed by atoms with E-state index in [1.165, 1.54) is 0 Å². The summed E-state index contributed by atoms with van der Waals surface area (Å²) in [7, 11) is 4.00. The Morgan fingerprint density at radius 3 is 2.40 bits per heavy atom. The highest BCUT2D eigenvalue weighted by Crippen LogP contribution is 1.92. The molecule has 86 valence electrons. The van der Waals surface area contributed by atoms with Gasteiger partial charge in [0.05, 0.1) is 0 Å². The fourth-order valence-corrected chi connectivity index (χ4v) is 1.13. The zero-order valence-corrected chi connectivity index (χ0v) is 10.4. The van der Waals surface area contributed by atoms with Crippen LogP contribution in [0.5, 0.6) is 0 Å². The fraction of sp³-hybridized carbons (Fsp3) is 0.583. The molecule has 0 spiro atoms. The molecule has 3 heteroatoms. The molecular formula is C12H22N2O. The predicted octanol–water partition coefficient (Wildman–Crippen LogP) is 1.74. The number of nitrogens with zero attached hydrogens (tertiary/aromatic N) is 2. The third kappa shape index (κ3) is 5.37. The minimum Gasteiger partial charge on any atom is -0.314 e. The molecule has 0 aliphatic heterocycles. The standard InChI is InChI=1S/C10H16N2O.C2H6/c1-9-4-5-10(13)12(8-9)7-6-11(2)3;1-2/h4-5,8H,6-7H2,1-3H3;1-2H3. The molecule has 0 saturated carbocycles. The summed E-state index contributed by atoms with van der Waals surface area (Å²) in [5.41, 5.74) is 1.20. The highest BCUT2D eigenvalue weighted by Gasteiger charge is 1.96. The molecule has 0 N–H and O–H groups in total. The van der Waals surface area contributed by atoms with Crippen LogP contribution in [-0.2, 0) is 6.54 Å². The van der Waals surface area contributed by atoms with Gasteiger partial charge >= 0.3 is 0 Å². The largest absolute Gasteiger partial charge is 0.314 e. The average molecular weight is 210 g/mol. The summed E-state index contributed by atoms with van der Waals surface area (Å²) >= 11 is 0. The summed E-state index contributed by atoms with van der Waals surface area (Å²) in [4.78, 5) is 13.4. The number of aryl methyl sites for hydroxylation is 1. The number of hydrogen-bond donors (Lipinski definition) is 0. The van der Waals surface area contributed by atoms with Gasteiger partial charge in [0, 0.05) is 25.4 Å². The van der Waals surface area contributed by atoms with Crippen LogP contribution >= 0.6 is 0 Å². The molecule has 1 heterocycles. The Kier molecular flexibility index (Phi) is 6.71. The van der Waals surface area contributed by atoms with Crippen molar-refractivity contribution >= 4 is 0 Å². The molecule has 0 aliphatic carbocycles. The fourth-order valence-electron chi connectivity index (χ4n) is 1.13. The second-order valence-electron chi connectivity index (χ2n) is 3.54. The van der Waals surface area contributed by atoms with E-state index >= 15 is 0 Å². The lowest BCUT2D eigenvalue weighted by atomic mass is 10.3. The Hall–Kier alpha value is -1.09. The number of rotatable bonds is 3. The Labute approximate surface area is 92.3 Å². The number of likely N-dealkylation sites (N-methyl/N-ethyl adjacent to an activating group) is 1. The van der Waals surface area contributed by atoms with E-state index in [1.807, 2.05) is 47.1 Å². The van der Waals surface area contributed by atoms with Gasteiger partial charge in [-0.25, -0.2) is 0 Å². The number of aromatic nitrogens is 1. The molecule has 15 heavy (non-hydrogen) atoms. The maximum Gasteiger partial charge on any atom is 0.250 e. The quantitative estimate of drug-likeness (QED) is 0.759. The van der Waals surface area contributed by atoms with Crippen molar-refractivity contribution in [1.82, 2.24) is 9.47 Å². The summed E-state index contributed by atoms with van der Waals surface area (Å²) in [5, 5.41) is 0. The van der Waals surface area contributed by atoms with Crippen molar-refractivity contribution in [3.63, 3.8) is 0 Å². The molecule has 1 aromatic rings. The van der Waals surface area contributed by atoms with Crippen LogP contribution in [0.4, 0.5) is 0 Å². The van der Waals surface area contributed by atoms with Crippen molar-refractivity contribution in [1.29, 1.82) is 0 Å². The van der Waals surface area contributed by atoms with Gasteiger partial charge in [0.1, 0.15) is 0 Å². The van der Waals surface area contributed by atoms with Gasteiger partial charge in [0.15, 0.2) is 0 Å². The summed E-state index contributed by atoms with van der Waals surface area (Å²) in [6, 6.07) is 3.46. The SMILES string of the molecule is CC.Cc1ccc(=O)n(CCN(C)C)c1. The van der Waals surface area contributed by atoms with E-state index in [2.05, 4.69) is 4.90 Å². The van der Waals surface area contributed by atoms with Gasteiger partial charge < -0.3 is 9.47 Å². The van der Waals surface area contributed by atoms with E-state index < -0.39 is 0 Å². The molecular weight excluding hydrogens is 188 g/mol. The molecule has 1 aromatic heterocycles. The zero-order chi connectivity index (χ0) is 11.8. The van der Waals surface area contributed by atoms with Gasteiger partial charge in [-0.15, -0.1) is 0 Å². The summed E-state index contributed by atoms with van der Waals surface area (Å²) < 4.78 is 1.75. The monoisotopic (exact) mass is 210 g/mol. The van der Waals surface area contributed by atoms with Crippen LogP contribution in [0, 0.1) is 6.92 Å². The lowest BCUT2D eigenvalue weighted by Crippen LogP contribution is -2.25. The van der Waals surface area contributed by atoms with Crippen LogP contribution in [0.2, 0.25) is 0 Å². The molecule has 0 fully saturated rings. The highest BCUT2D eigenvalue weighted by molar-refractivity contribution is 5.07. The first-order chi connectivity index (χ1) is 7.09. The Balaban J connectivity index is 0.000000921. The third-order valence-corrected chi connectivity index (χ3v) is 1.92. The Bertz CT molecular complexity index is 329. The van der Waals surface area contributed by atoms with E-state index in [1.54, 1.807) is 10.6 Å². The van der Waals surface area contributed by atoms with Crippen LogP contribution in [0.25, 0.3) is 0 Å². The van der Waals surface area contributed by atoms with Crippen LogP contribution in [-0.4, -0.2) is 30.1 Å². The molecule has 0 radical (unpaired) electrons. The van der Waals surface area contributed by atoms with E-state index in [4.69, 9.17) is 0 Å². The van der Waals surface area contributed by atoms with Crippen molar-refractivity contribution < 1.29 is 0 Å². The molecule has 0 atom stereocenters. The minimum atomic E-state index is 0.0763. The van der Waals surface area contributed by atoms with Gasteiger partial charge in [0.2, 0.25) is 0 Å². The van der Waals surface area contributed by atoms with Gasteiger partial charge in [-0.3, -0.25) is 4.79 Å². The molecule has 0 bridgehead atoms. The molecule has 0 aliphatic rings. The summed E-state index contributed by atoms with van der Waals surface area (Å²) in [6.07, 6.45) is 1.89. The van der Waals surface area contributed by atoms with Crippen molar-refractivity contribution in [2.75, 3.05) is 20.6 Å². The molecule has 1 rings (SSSR count). The van der Waals surface area contributed by atoms with Crippen LogP contribution < -0.4 is 5.56 Å². The van der Waals surface area contributed by atoms with E-state index in [0.29, 0.717) is 0 Å². The van der Waals surface area contributed by atoms with Crippen LogP contribution in [0.1, 0.15) is 19.4 Å². The van der Waals surface area contributed by atoms with Gasteiger partial charge in [0.25, 0.3) is 5.56 Å². The summed E-state index contributed by atoms with van der Waals surface area (Å²) in [5.74, 6) is 0. The highest BCUT2D eigenvalue weighted by atomic mass is 16.1. The molecule has 0 aromatic carbocycles. The molecule has 3 nitrogen and oxygen atoms in total. The van der Waals surface area contributed by atoms with Gasteiger partial charge in [-0.1, -0.05) is 19.9 Å². The zero-order valence-electron chi connectivity index (χ0n) is 10.4. The maximum absolute atomic E-state index is 11.3. The lowest BCUT2D eigenvalue weighted by Gasteiger charge is -2.11. The number of hydrogen-bond acceptors (Lipinski definition) is 2. The van der Waals surface area contributed by atoms with Crippen molar-refractivity contribution in [2.45, 2.75) is 27.3 Å². The molecule has 0 amide bonds. The average Bonchev–Trinajstić information content (AvgIpc) is 2.22. The minimum absolute atomic E-state index is 0.0763. The second-order valence-corrected chi connectivity index (χ2v) is 3.54. The van der Waals surface area contributed by atoms with E-state index in [0.717, 1.165) is 18.7 Å². The summed E-state index contributed by atoms with van der Waals surface area (Å²) in [6.45, 7) is 7.64. The lowest BCUT2D eigenvalue weighted by molar-refractivity contribution is 0.380. The van der Waals surface area contributed by atoms with Gasteiger partial charge in [-0.2, -0.15) is 0 Å². The number of pyridine rings is 1. The Morgan fingerprint density at radius 2 is 1.87 bits per heavy atom. The third-order valence-electron chi connectivity index (χ3n) is 1.92. The smallest absolute Gasteiger partial charge is 0.250 e. The first kappa shape index (κ1) is 13.9. The second kappa shape index (κ2) is 7.23. The van der Waals surface area contributed by atoms with Crippen molar-refractivity contribution in [2.24, 2.45) is 0 Å². The van der Waals surface area contributed by atoms with E-state index in [-0.39, 0.29) is 5.56 Å². The maximum atomic E-state index is 11.3. The van der Waals surface area contributed by atoms with Crippen LogP contribution in [0.3, 0.4) is 0 Å². The molecule has 0 unspecified atom stereocenters. The first-order valence-corrected chi connectivity index (χ1v) is 5.41. The first-order valence-electron chi connectivity index (χ1n) is 5.41. The normalized spacial score (nSPS) is 9.73. The predicted molar refractivity (Wildman–Crippen MR) is 65.3 cm³/mol.